The molecule has 5 rings (SSSR count). The lowest BCUT2D eigenvalue weighted by Gasteiger charge is -2.44. The van der Waals surface area contributed by atoms with Crippen LogP contribution in [-0.2, 0) is 22.6 Å². The lowest BCUT2D eigenvalue weighted by Crippen LogP contribution is -2.54. The standard InChI is InChI=1S/C30H28Cl2N2O3/c31-24-13-7-21(8-14-24)18-33-29(35)23-11-5-20(6-12-23)17-28-30(36)34(19-22-9-15-25(32)16-10-22)26-3-1-2-4-27(26)37-28/h5-17,26-27H,1-4,18-19H2,(H,33,35)/b28-17-. The van der Waals surface area contributed by atoms with Crippen molar-refractivity contribution in [2.24, 2.45) is 0 Å². The molecule has 2 unspecified atom stereocenters. The molecule has 0 spiro atoms. The van der Waals surface area contributed by atoms with Gasteiger partial charge < -0.3 is 15.0 Å². The van der Waals surface area contributed by atoms with Crippen molar-refractivity contribution in [1.29, 1.82) is 0 Å². The molecule has 7 heteroatoms. The zero-order valence-electron chi connectivity index (χ0n) is 20.3. The summed E-state index contributed by atoms with van der Waals surface area (Å²) in [5.41, 5.74) is 3.36. The molecule has 3 aromatic rings. The third kappa shape index (κ3) is 6.17. The van der Waals surface area contributed by atoms with Gasteiger partial charge in [-0.3, -0.25) is 9.59 Å². The van der Waals surface area contributed by atoms with Crippen LogP contribution >= 0.6 is 23.2 Å². The third-order valence-corrected chi connectivity index (χ3v) is 7.43. The molecule has 0 radical (unpaired) electrons. The predicted octanol–water partition coefficient (Wildman–Crippen LogP) is 6.63. The van der Waals surface area contributed by atoms with Crippen molar-refractivity contribution in [3.63, 3.8) is 0 Å². The molecule has 3 aromatic carbocycles. The summed E-state index contributed by atoms with van der Waals surface area (Å²) in [5.74, 6) is 0.0678. The van der Waals surface area contributed by atoms with E-state index in [4.69, 9.17) is 27.9 Å². The first-order chi connectivity index (χ1) is 18.0. The molecule has 1 aliphatic carbocycles. The third-order valence-electron chi connectivity index (χ3n) is 6.92. The molecular formula is C30H28Cl2N2O3. The zero-order chi connectivity index (χ0) is 25.8. The monoisotopic (exact) mass is 534 g/mol. The van der Waals surface area contributed by atoms with Gasteiger partial charge in [0.1, 0.15) is 6.10 Å². The first kappa shape index (κ1) is 25.4. The maximum Gasteiger partial charge on any atom is 0.289 e. The summed E-state index contributed by atoms with van der Waals surface area (Å²) in [6.07, 6.45) is 5.82. The Morgan fingerprint density at radius 2 is 1.51 bits per heavy atom. The first-order valence-corrected chi connectivity index (χ1v) is 13.3. The van der Waals surface area contributed by atoms with Crippen LogP contribution in [0.25, 0.3) is 6.08 Å². The van der Waals surface area contributed by atoms with Gasteiger partial charge in [0, 0.05) is 28.7 Å². The summed E-state index contributed by atoms with van der Waals surface area (Å²) in [7, 11) is 0. The Hall–Kier alpha value is -3.28. The summed E-state index contributed by atoms with van der Waals surface area (Å²) in [6.45, 7) is 0.931. The molecule has 2 fully saturated rings. The highest BCUT2D eigenvalue weighted by atomic mass is 35.5. The van der Waals surface area contributed by atoms with E-state index in [0.717, 1.165) is 42.4 Å². The fourth-order valence-electron chi connectivity index (χ4n) is 4.92. The molecule has 190 valence electrons. The summed E-state index contributed by atoms with van der Waals surface area (Å²) >= 11 is 12.0. The Morgan fingerprint density at radius 1 is 0.892 bits per heavy atom. The molecule has 2 atom stereocenters. The van der Waals surface area contributed by atoms with Crippen molar-refractivity contribution in [3.05, 3.63) is 111 Å². The fourth-order valence-corrected chi connectivity index (χ4v) is 5.17. The summed E-state index contributed by atoms with van der Waals surface area (Å²) in [5, 5.41) is 4.25. The van der Waals surface area contributed by atoms with E-state index in [1.54, 1.807) is 30.3 Å². The van der Waals surface area contributed by atoms with E-state index in [0.29, 0.717) is 34.5 Å². The van der Waals surface area contributed by atoms with Crippen LogP contribution in [0.5, 0.6) is 0 Å². The topological polar surface area (TPSA) is 58.6 Å². The van der Waals surface area contributed by atoms with Gasteiger partial charge in [0.25, 0.3) is 11.8 Å². The number of ether oxygens (including phenoxy) is 1. The Kier molecular flexibility index (Phi) is 7.82. The maximum absolute atomic E-state index is 13.5. The number of nitrogens with one attached hydrogen (secondary N) is 1. The smallest absolute Gasteiger partial charge is 0.289 e. The Labute approximate surface area is 227 Å². The summed E-state index contributed by atoms with van der Waals surface area (Å²) in [6, 6.07) is 22.2. The van der Waals surface area contributed by atoms with Gasteiger partial charge in [-0.05, 0) is 78.4 Å². The van der Waals surface area contributed by atoms with Gasteiger partial charge in [-0.2, -0.15) is 0 Å². The normalized spacial score (nSPS) is 20.3. The Morgan fingerprint density at radius 3 is 2.19 bits per heavy atom. The number of benzene rings is 3. The minimum absolute atomic E-state index is 0.0112. The van der Waals surface area contributed by atoms with Gasteiger partial charge in [-0.25, -0.2) is 0 Å². The number of carbonyl (C=O) groups is 2. The van der Waals surface area contributed by atoms with E-state index in [-0.39, 0.29) is 24.0 Å². The second-order valence-electron chi connectivity index (χ2n) is 9.51. The van der Waals surface area contributed by atoms with Gasteiger partial charge in [-0.15, -0.1) is 0 Å². The average molecular weight is 535 g/mol. The number of halogens is 2. The molecule has 1 heterocycles. The van der Waals surface area contributed by atoms with Crippen LogP contribution in [0, 0.1) is 0 Å². The molecule has 1 saturated heterocycles. The summed E-state index contributed by atoms with van der Waals surface area (Å²) < 4.78 is 6.23. The zero-order valence-corrected chi connectivity index (χ0v) is 21.8. The van der Waals surface area contributed by atoms with Crippen molar-refractivity contribution in [2.45, 2.75) is 50.9 Å². The van der Waals surface area contributed by atoms with Gasteiger partial charge in [0.05, 0.1) is 6.04 Å². The van der Waals surface area contributed by atoms with Gasteiger partial charge in [0.15, 0.2) is 5.76 Å². The van der Waals surface area contributed by atoms with Crippen molar-refractivity contribution < 1.29 is 14.3 Å². The van der Waals surface area contributed by atoms with E-state index < -0.39 is 0 Å². The van der Waals surface area contributed by atoms with Crippen LogP contribution < -0.4 is 5.32 Å². The first-order valence-electron chi connectivity index (χ1n) is 12.5. The highest BCUT2D eigenvalue weighted by molar-refractivity contribution is 6.30. The molecule has 0 aromatic heterocycles. The molecule has 2 aliphatic rings. The molecule has 1 aliphatic heterocycles. The van der Waals surface area contributed by atoms with Gasteiger partial charge in [0.2, 0.25) is 0 Å². The number of hydrogen-bond acceptors (Lipinski definition) is 3. The van der Waals surface area contributed by atoms with Crippen molar-refractivity contribution in [2.75, 3.05) is 0 Å². The number of carbonyl (C=O) groups excluding carboxylic acids is 2. The second-order valence-corrected chi connectivity index (χ2v) is 10.4. The van der Waals surface area contributed by atoms with Crippen LogP contribution in [-0.4, -0.2) is 28.9 Å². The lowest BCUT2D eigenvalue weighted by atomic mass is 9.89. The predicted molar refractivity (Wildman–Crippen MR) is 146 cm³/mol. The number of morpholine rings is 1. The van der Waals surface area contributed by atoms with Gasteiger partial charge >= 0.3 is 0 Å². The van der Waals surface area contributed by atoms with Crippen LogP contribution in [0.15, 0.2) is 78.6 Å². The molecule has 1 N–H and O–H groups in total. The largest absolute Gasteiger partial charge is 0.482 e. The summed E-state index contributed by atoms with van der Waals surface area (Å²) in [4.78, 5) is 28.0. The molecule has 1 saturated carbocycles. The molecule has 0 bridgehead atoms. The van der Waals surface area contributed by atoms with Crippen LogP contribution in [0.1, 0.15) is 52.7 Å². The van der Waals surface area contributed by atoms with Gasteiger partial charge in [-0.1, -0.05) is 66.0 Å². The van der Waals surface area contributed by atoms with E-state index in [9.17, 15) is 9.59 Å². The quantitative estimate of drug-likeness (QED) is 0.361. The van der Waals surface area contributed by atoms with Crippen LogP contribution in [0.2, 0.25) is 10.0 Å². The number of fused-ring (bicyclic) bond motifs is 1. The van der Waals surface area contributed by atoms with E-state index >= 15 is 0 Å². The number of nitrogens with zero attached hydrogens (tertiary/aromatic N) is 1. The maximum atomic E-state index is 13.5. The van der Waals surface area contributed by atoms with Crippen molar-refractivity contribution in [1.82, 2.24) is 10.2 Å². The molecular weight excluding hydrogens is 507 g/mol. The number of hydrogen-bond donors (Lipinski definition) is 1. The molecule has 2 amide bonds. The number of rotatable bonds is 6. The highest BCUT2D eigenvalue weighted by Gasteiger charge is 2.41. The van der Waals surface area contributed by atoms with E-state index in [1.165, 1.54) is 0 Å². The fraction of sp³-hybridized carbons (Fsp3) is 0.267. The van der Waals surface area contributed by atoms with E-state index in [1.807, 2.05) is 53.4 Å². The minimum Gasteiger partial charge on any atom is -0.482 e. The molecule has 37 heavy (non-hydrogen) atoms. The van der Waals surface area contributed by atoms with Crippen LogP contribution in [0.4, 0.5) is 0 Å². The highest BCUT2D eigenvalue weighted by Crippen LogP contribution is 2.34. The van der Waals surface area contributed by atoms with Crippen LogP contribution in [0.3, 0.4) is 0 Å². The average Bonchev–Trinajstić information content (AvgIpc) is 2.92. The Balaban J connectivity index is 1.29. The van der Waals surface area contributed by atoms with Crippen molar-refractivity contribution in [3.8, 4) is 0 Å². The van der Waals surface area contributed by atoms with Crippen molar-refractivity contribution >= 4 is 41.1 Å². The molecule has 5 nitrogen and oxygen atoms in total. The Bertz CT molecular complexity index is 1290. The lowest BCUT2D eigenvalue weighted by molar-refractivity contribution is -0.149. The SMILES string of the molecule is O=C(NCc1ccc(Cl)cc1)c1ccc(/C=C2\OC3CCCCC3N(Cc3ccc(Cl)cc3)C2=O)cc1. The minimum atomic E-state index is -0.168. The second kappa shape index (κ2) is 11.4. The van der Waals surface area contributed by atoms with E-state index in [2.05, 4.69) is 5.32 Å². The number of amides is 2.